The van der Waals surface area contributed by atoms with Crippen LogP contribution in [0.5, 0.6) is 0 Å². The molecule has 74 valence electrons. The second kappa shape index (κ2) is 7.46. The van der Waals surface area contributed by atoms with Gasteiger partial charge < -0.3 is 10.1 Å². The van der Waals surface area contributed by atoms with Crippen molar-refractivity contribution in [3.05, 3.63) is 0 Å². The maximum atomic E-state index is 11.0. The van der Waals surface area contributed by atoms with Crippen LogP contribution in [0.15, 0.2) is 0 Å². The molecule has 0 heterocycles. The van der Waals surface area contributed by atoms with Crippen LogP contribution in [0, 0.1) is 0 Å². The van der Waals surface area contributed by atoms with Crippen LogP contribution in [0.3, 0.4) is 0 Å². The number of nitrogens with one attached hydrogen (secondary N) is 1. The number of ketones is 1. The van der Waals surface area contributed by atoms with E-state index < -0.39 is 0 Å². The molecule has 0 aliphatic heterocycles. The van der Waals surface area contributed by atoms with Crippen LogP contribution in [0.4, 0.5) is 0 Å². The minimum atomic E-state index is -0.124. The highest BCUT2D eigenvalue weighted by Crippen LogP contribution is 1.97. The quantitative estimate of drug-likeness (QED) is 0.462. The SMILES string of the molecule is CC(=O)CNC(=O)CCCCC=O. The Balaban J connectivity index is 3.30. The Kier molecular flexibility index (Phi) is 6.78. The fourth-order valence-corrected chi connectivity index (χ4v) is 0.825. The molecule has 0 saturated carbocycles. The van der Waals surface area contributed by atoms with Gasteiger partial charge in [-0.05, 0) is 19.8 Å². The van der Waals surface area contributed by atoms with Crippen LogP contribution in [0.25, 0.3) is 0 Å². The summed E-state index contributed by atoms with van der Waals surface area (Å²) in [6, 6.07) is 0. The van der Waals surface area contributed by atoms with E-state index in [1.54, 1.807) is 0 Å². The van der Waals surface area contributed by atoms with Crippen molar-refractivity contribution in [3.63, 3.8) is 0 Å². The van der Waals surface area contributed by atoms with E-state index in [9.17, 15) is 14.4 Å². The van der Waals surface area contributed by atoms with Gasteiger partial charge in [-0.2, -0.15) is 0 Å². The molecule has 4 nitrogen and oxygen atoms in total. The van der Waals surface area contributed by atoms with Crippen LogP contribution in [0.2, 0.25) is 0 Å². The molecule has 0 spiro atoms. The zero-order valence-corrected chi connectivity index (χ0v) is 7.84. The summed E-state index contributed by atoms with van der Waals surface area (Å²) in [6.07, 6.45) is 3.16. The largest absolute Gasteiger partial charge is 0.349 e. The lowest BCUT2D eigenvalue weighted by molar-refractivity contribution is -0.124. The molecular weight excluding hydrogens is 170 g/mol. The standard InChI is InChI=1S/C9H15NO3/c1-8(12)7-10-9(13)5-3-2-4-6-11/h6H,2-5,7H2,1H3,(H,10,13). The van der Waals surface area contributed by atoms with Crippen molar-refractivity contribution < 1.29 is 14.4 Å². The molecule has 1 amide bonds. The highest BCUT2D eigenvalue weighted by Gasteiger charge is 2.01. The fraction of sp³-hybridized carbons (Fsp3) is 0.667. The van der Waals surface area contributed by atoms with E-state index in [-0.39, 0.29) is 18.2 Å². The van der Waals surface area contributed by atoms with Gasteiger partial charge in [0, 0.05) is 12.8 Å². The first kappa shape index (κ1) is 11.8. The Morgan fingerprint density at radius 2 is 2.00 bits per heavy atom. The third-order valence-electron chi connectivity index (χ3n) is 1.51. The number of unbranched alkanes of at least 4 members (excludes halogenated alkanes) is 2. The van der Waals surface area contributed by atoms with E-state index in [0.29, 0.717) is 19.3 Å². The molecule has 0 aliphatic rings. The number of rotatable bonds is 7. The van der Waals surface area contributed by atoms with Crippen molar-refractivity contribution in [2.45, 2.75) is 32.6 Å². The minimum absolute atomic E-state index is 0.0544. The van der Waals surface area contributed by atoms with Crippen molar-refractivity contribution in [3.8, 4) is 0 Å². The number of Topliss-reactive ketones (excluding diaryl/α,β-unsaturated/α-hetero) is 1. The van der Waals surface area contributed by atoms with Gasteiger partial charge in [0.1, 0.15) is 12.1 Å². The van der Waals surface area contributed by atoms with E-state index in [0.717, 1.165) is 12.7 Å². The van der Waals surface area contributed by atoms with Crippen LogP contribution < -0.4 is 5.32 Å². The summed E-state index contributed by atoms with van der Waals surface area (Å²) in [5.74, 6) is -0.178. The predicted octanol–water partition coefficient (Wildman–Crippen LogP) is 0.451. The molecule has 0 unspecified atom stereocenters. The molecule has 1 N–H and O–H groups in total. The Labute approximate surface area is 77.7 Å². The highest BCUT2D eigenvalue weighted by molar-refractivity contribution is 5.84. The highest BCUT2D eigenvalue weighted by atomic mass is 16.2. The molecule has 0 aliphatic carbocycles. The van der Waals surface area contributed by atoms with Crippen molar-refractivity contribution in [2.24, 2.45) is 0 Å². The van der Waals surface area contributed by atoms with Gasteiger partial charge in [-0.15, -0.1) is 0 Å². The predicted molar refractivity (Wildman–Crippen MR) is 48.2 cm³/mol. The van der Waals surface area contributed by atoms with Crippen LogP contribution in [-0.4, -0.2) is 24.5 Å². The summed E-state index contributed by atoms with van der Waals surface area (Å²) < 4.78 is 0. The summed E-state index contributed by atoms with van der Waals surface area (Å²) in [4.78, 5) is 31.3. The molecule has 0 bridgehead atoms. The van der Waals surface area contributed by atoms with E-state index >= 15 is 0 Å². The van der Waals surface area contributed by atoms with Gasteiger partial charge in [0.05, 0.1) is 6.54 Å². The summed E-state index contributed by atoms with van der Waals surface area (Å²) in [5.41, 5.74) is 0. The molecule has 0 atom stereocenters. The second-order valence-electron chi connectivity index (χ2n) is 2.89. The van der Waals surface area contributed by atoms with Crippen LogP contribution in [0.1, 0.15) is 32.6 Å². The van der Waals surface area contributed by atoms with Crippen molar-refractivity contribution in [1.82, 2.24) is 5.32 Å². The molecular formula is C9H15NO3. The van der Waals surface area contributed by atoms with Gasteiger partial charge in [-0.25, -0.2) is 0 Å². The smallest absolute Gasteiger partial charge is 0.220 e. The molecule has 13 heavy (non-hydrogen) atoms. The summed E-state index contributed by atoms with van der Waals surface area (Å²) in [7, 11) is 0. The van der Waals surface area contributed by atoms with E-state index in [1.807, 2.05) is 0 Å². The monoisotopic (exact) mass is 185 g/mol. The van der Waals surface area contributed by atoms with Gasteiger partial charge >= 0.3 is 0 Å². The maximum Gasteiger partial charge on any atom is 0.220 e. The normalized spacial score (nSPS) is 9.31. The lowest BCUT2D eigenvalue weighted by Crippen LogP contribution is -2.27. The van der Waals surface area contributed by atoms with E-state index in [2.05, 4.69) is 5.32 Å². The van der Waals surface area contributed by atoms with Crippen LogP contribution in [-0.2, 0) is 14.4 Å². The van der Waals surface area contributed by atoms with E-state index in [4.69, 9.17) is 0 Å². The first-order valence-corrected chi connectivity index (χ1v) is 4.36. The third kappa shape index (κ3) is 8.72. The molecule has 0 rings (SSSR count). The minimum Gasteiger partial charge on any atom is -0.349 e. The molecule has 0 saturated heterocycles. The number of hydrogen-bond donors (Lipinski definition) is 1. The Morgan fingerprint density at radius 3 is 2.54 bits per heavy atom. The summed E-state index contributed by atoms with van der Waals surface area (Å²) in [6.45, 7) is 1.53. The van der Waals surface area contributed by atoms with Crippen LogP contribution >= 0.6 is 0 Å². The molecule has 0 aromatic carbocycles. The van der Waals surface area contributed by atoms with Crippen molar-refractivity contribution >= 4 is 18.0 Å². The molecule has 0 aromatic heterocycles. The van der Waals surface area contributed by atoms with Gasteiger partial charge in [0.25, 0.3) is 0 Å². The summed E-state index contributed by atoms with van der Waals surface area (Å²) in [5, 5.41) is 2.48. The Bertz CT molecular complexity index is 189. The number of hydrogen-bond acceptors (Lipinski definition) is 3. The van der Waals surface area contributed by atoms with Gasteiger partial charge in [-0.1, -0.05) is 0 Å². The average Bonchev–Trinajstić information content (AvgIpc) is 2.09. The van der Waals surface area contributed by atoms with Crippen molar-refractivity contribution in [1.29, 1.82) is 0 Å². The maximum absolute atomic E-state index is 11.0. The van der Waals surface area contributed by atoms with E-state index in [1.165, 1.54) is 6.92 Å². The van der Waals surface area contributed by atoms with Gasteiger partial charge in [-0.3, -0.25) is 9.59 Å². The van der Waals surface area contributed by atoms with Gasteiger partial charge in [0.2, 0.25) is 5.91 Å². The zero-order valence-electron chi connectivity index (χ0n) is 7.84. The number of carbonyl (C=O) groups excluding carboxylic acids is 3. The van der Waals surface area contributed by atoms with Gasteiger partial charge in [0.15, 0.2) is 0 Å². The number of aldehydes is 1. The zero-order chi connectivity index (χ0) is 10.1. The van der Waals surface area contributed by atoms with Crippen molar-refractivity contribution in [2.75, 3.05) is 6.54 Å². The lowest BCUT2D eigenvalue weighted by Gasteiger charge is -2.01. The molecule has 4 heteroatoms. The number of amides is 1. The Morgan fingerprint density at radius 1 is 1.31 bits per heavy atom. The summed E-state index contributed by atoms with van der Waals surface area (Å²) >= 11 is 0. The number of carbonyl (C=O) groups is 3. The third-order valence-corrected chi connectivity index (χ3v) is 1.51. The lowest BCUT2D eigenvalue weighted by atomic mass is 10.2. The topological polar surface area (TPSA) is 63.2 Å². The molecule has 0 aromatic rings. The first-order chi connectivity index (χ1) is 6.16. The fourth-order valence-electron chi connectivity index (χ4n) is 0.825. The Hall–Kier alpha value is -1.19. The first-order valence-electron chi connectivity index (χ1n) is 4.36. The average molecular weight is 185 g/mol. The second-order valence-corrected chi connectivity index (χ2v) is 2.89. The molecule has 0 fully saturated rings. The molecule has 0 radical (unpaired) electrons.